The van der Waals surface area contributed by atoms with E-state index in [0.717, 1.165) is 6.07 Å². The van der Waals surface area contributed by atoms with Gasteiger partial charge in [-0.3, -0.25) is 14.6 Å². The molecule has 2 fully saturated rings. The molecule has 2 aromatic heterocycles. The average molecular weight is 657 g/mol. The Morgan fingerprint density at radius 3 is 2.53 bits per heavy atom. The van der Waals surface area contributed by atoms with Crippen LogP contribution in [0.3, 0.4) is 0 Å². The number of alkyl halides is 3. The summed E-state index contributed by atoms with van der Waals surface area (Å²) in [5.74, 6) is -1.49. The van der Waals surface area contributed by atoms with Gasteiger partial charge in [-0.25, -0.2) is 19.3 Å². The minimum Gasteiger partial charge on any atom is -0.380 e. The monoisotopic (exact) mass is 656 g/mol. The van der Waals surface area contributed by atoms with Gasteiger partial charge < -0.3 is 20.7 Å². The number of piperidine rings is 1. The molecule has 1 aliphatic carbocycles. The number of nitrogens with one attached hydrogen (secondary N) is 1. The average Bonchev–Trinajstić information content (AvgIpc) is 3.79. The van der Waals surface area contributed by atoms with Crippen molar-refractivity contribution in [2.45, 2.75) is 83.2 Å². The zero-order valence-corrected chi connectivity index (χ0v) is 26.0. The second kappa shape index (κ2) is 12.0. The minimum atomic E-state index is -4.62. The first-order chi connectivity index (χ1) is 23.3. The molecule has 2 aliphatic heterocycles. The highest BCUT2D eigenvalue weighted by Crippen LogP contribution is 2.44. The minimum absolute atomic E-state index is 0.000726. The van der Waals surface area contributed by atoms with Crippen LogP contribution in [0.1, 0.15) is 82.4 Å². The maximum atomic E-state index is 16.0. The summed E-state index contributed by atoms with van der Waals surface area (Å²) in [7, 11) is -2.79. The zero-order chi connectivity index (χ0) is 36.3. The Morgan fingerprint density at radius 2 is 1.91 bits per heavy atom. The highest BCUT2D eigenvalue weighted by Gasteiger charge is 2.49. The van der Waals surface area contributed by atoms with E-state index < -0.39 is 54.7 Å². The number of nitrogens with zero attached hydrogens (tertiary/aromatic N) is 5. The molecule has 0 unspecified atom stereocenters. The molecule has 1 saturated carbocycles. The maximum Gasteiger partial charge on any atom is 0.433 e. The molecule has 47 heavy (non-hydrogen) atoms. The van der Waals surface area contributed by atoms with Crippen LogP contribution in [0.4, 0.5) is 23.2 Å². The molecule has 4 heterocycles. The molecule has 14 heteroatoms. The molecule has 2 atom stereocenters. The number of aryl methyl sites for hydroxylation is 2. The number of carbonyl (C=O) groups excluding carboxylic acids is 2. The van der Waals surface area contributed by atoms with Gasteiger partial charge in [0.05, 0.1) is 22.8 Å². The smallest absolute Gasteiger partial charge is 0.380 e. The van der Waals surface area contributed by atoms with Crippen LogP contribution in [-0.2, 0) is 33.5 Å². The van der Waals surface area contributed by atoms with Crippen molar-refractivity contribution < 1.29 is 36.0 Å². The summed E-state index contributed by atoms with van der Waals surface area (Å²) in [5.41, 5.74) is 5.90. The van der Waals surface area contributed by atoms with E-state index in [2.05, 4.69) is 20.3 Å². The van der Waals surface area contributed by atoms with Crippen LogP contribution in [0.25, 0.3) is 11.1 Å². The number of halogens is 4. The van der Waals surface area contributed by atoms with Crippen molar-refractivity contribution in [3.8, 4) is 11.1 Å². The van der Waals surface area contributed by atoms with Crippen LogP contribution in [0.5, 0.6) is 0 Å². The van der Waals surface area contributed by atoms with Crippen LogP contribution < -0.4 is 16.0 Å². The fourth-order valence-electron chi connectivity index (χ4n) is 6.71. The number of primary amides is 1. The molecule has 0 radical (unpaired) electrons. The number of hydrogen-bond donors (Lipinski definition) is 2. The lowest BCUT2D eigenvalue weighted by atomic mass is 9.83. The number of anilines is 1. The number of benzene rings is 1. The van der Waals surface area contributed by atoms with Crippen LogP contribution in [0, 0.1) is 19.7 Å². The SMILES string of the molecule is [2H]C([2H])([2H])OCc1c(F)cc(-c2c(C)nc(CC(N)=O)nc2C)cc1N1CC[C@]2(C[C@@H]1C)N=C(c1ccc(C(F)(F)F)nc1C1CC1)NC2=O. The lowest BCUT2D eigenvalue weighted by Crippen LogP contribution is -2.53. The molecule has 248 valence electrons. The van der Waals surface area contributed by atoms with Gasteiger partial charge in [0.25, 0.3) is 5.91 Å². The van der Waals surface area contributed by atoms with Gasteiger partial charge in [-0.05, 0) is 69.9 Å². The van der Waals surface area contributed by atoms with Gasteiger partial charge in [0.2, 0.25) is 5.91 Å². The number of hydrogen-bond acceptors (Lipinski definition) is 8. The van der Waals surface area contributed by atoms with Crippen LogP contribution in [0.15, 0.2) is 29.3 Å². The van der Waals surface area contributed by atoms with E-state index in [0.29, 0.717) is 46.6 Å². The first-order valence-corrected chi connectivity index (χ1v) is 15.2. The quantitative estimate of drug-likeness (QED) is 0.337. The van der Waals surface area contributed by atoms with Crippen molar-refractivity contribution in [3.63, 3.8) is 0 Å². The Labute approximate surface area is 273 Å². The number of amides is 2. The third-order valence-electron chi connectivity index (χ3n) is 8.98. The Kier molecular flexibility index (Phi) is 7.32. The Hall–Kier alpha value is -4.46. The number of ether oxygens (including phenoxy) is 1. The topological polar surface area (TPSA) is 136 Å². The van der Waals surface area contributed by atoms with Gasteiger partial charge in [-0.15, -0.1) is 0 Å². The molecular weight excluding hydrogens is 618 g/mol. The molecule has 1 saturated heterocycles. The summed E-state index contributed by atoms with van der Waals surface area (Å²) in [6.45, 7) is 4.85. The summed E-state index contributed by atoms with van der Waals surface area (Å²) >= 11 is 0. The van der Waals surface area contributed by atoms with Crippen LogP contribution in [0.2, 0.25) is 0 Å². The van der Waals surface area contributed by atoms with E-state index in [4.69, 9.17) is 19.6 Å². The largest absolute Gasteiger partial charge is 0.433 e. The van der Waals surface area contributed by atoms with E-state index in [-0.39, 0.29) is 54.6 Å². The Bertz CT molecular complexity index is 1890. The molecule has 6 rings (SSSR count). The number of nitrogens with two attached hydrogens (primary N) is 1. The van der Waals surface area contributed by atoms with E-state index in [1.807, 2.05) is 11.8 Å². The van der Waals surface area contributed by atoms with E-state index in [1.165, 1.54) is 12.1 Å². The third-order valence-corrected chi connectivity index (χ3v) is 8.98. The lowest BCUT2D eigenvalue weighted by molar-refractivity contribution is -0.141. The molecule has 1 aromatic carbocycles. The van der Waals surface area contributed by atoms with E-state index in [1.54, 1.807) is 19.9 Å². The molecule has 0 bridgehead atoms. The fourth-order valence-corrected chi connectivity index (χ4v) is 6.71. The molecule has 10 nitrogen and oxygen atoms in total. The highest BCUT2D eigenvalue weighted by molar-refractivity contribution is 6.16. The van der Waals surface area contributed by atoms with Crippen molar-refractivity contribution in [2.75, 3.05) is 18.5 Å². The van der Waals surface area contributed by atoms with Crippen molar-refractivity contribution in [1.29, 1.82) is 0 Å². The van der Waals surface area contributed by atoms with Gasteiger partial charge in [-0.2, -0.15) is 13.2 Å². The zero-order valence-electron chi connectivity index (χ0n) is 29.0. The van der Waals surface area contributed by atoms with Crippen molar-refractivity contribution >= 4 is 23.3 Å². The number of methoxy groups -OCH3 is 1. The van der Waals surface area contributed by atoms with Crippen LogP contribution in [-0.4, -0.2) is 57.8 Å². The molecule has 3 aliphatic rings. The third kappa shape index (κ3) is 6.18. The summed E-state index contributed by atoms with van der Waals surface area (Å²) in [6, 6.07) is 4.70. The summed E-state index contributed by atoms with van der Waals surface area (Å²) in [6.07, 6.45) is -3.07. The second-order valence-corrected chi connectivity index (χ2v) is 12.4. The fraction of sp³-hybridized carbons (Fsp3) is 0.455. The predicted octanol–water partition coefficient (Wildman–Crippen LogP) is 4.67. The second-order valence-electron chi connectivity index (χ2n) is 12.4. The first-order valence-electron chi connectivity index (χ1n) is 16.7. The molecule has 1 spiro atoms. The number of carbonyl (C=O) groups is 2. The molecular formula is C33H35F4N7O3. The number of aliphatic imine (C=N–C) groups is 1. The predicted molar refractivity (Wildman–Crippen MR) is 165 cm³/mol. The number of pyridine rings is 1. The van der Waals surface area contributed by atoms with Gasteiger partial charge >= 0.3 is 6.18 Å². The molecule has 3 N–H and O–H groups in total. The first kappa shape index (κ1) is 28.7. The van der Waals surface area contributed by atoms with E-state index in [9.17, 15) is 22.8 Å². The Morgan fingerprint density at radius 1 is 1.19 bits per heavy atom. The normalized spacial score (nSPS) is 22.5. The standard InChI is InChI=1S/C33H35F4N7O3/c1-16-14-32(31(46)42-30(43-32)21-7-8-25(33(35,36)37)41-29(21)19-5-6-19)9-10-44(16)24-12-20(11-23(34)22(24)15-47-4)28-17(2)39-27(13-26(38)45)40-18(28)3/h7-8,11-12,16,19H,5-6,9-10,13-15H2,1-4H3,(H2,38,45)(H,42,43,46)/t16-,32+/m0/s1/i4D3. The van der Waals surface area contributed by atoms with Gasteiger partial charge in [0.15, 0.2) is 0 Å². The van der Waals surface area contributed by atoms with Gasteiger partial charge in [-0.1, -0.05) is 0 Å². The molecule has 3 aromatic rings. The summed E-state index contributed by atoms with van der Waals surface area (Å²) < 4.78 is 84.0. The summed E-state index contributed by atoms with van der Waals surface area (Å²) in [5, 5.41) is 2.79. The van der Waals surface area contributed by atoms with Crippen molar-refractivity contribution in [2.24, 2.45) is 10.7 Å². The highest BCUT2D eigenvalue weighted by atomic mass is 19.4. The van der Waals surface area contributed by atoms with Gasteiger partial charge in [0.1, 0.15) is 28.7 Å². The van der Waals surface area contributed by atoms with Crippen LogP contribution >= 0.6 is 0 Å². The molecule has 2 amide bonds. The van der Waals surface area contributed by atoms with E-state index >= 15 is 4.39 Å². The number of amidine groups is 1. The number of aromatic nitrogens is 3. The van der Waals surface area contributed by atoms with Gasteiger partial charge in [0, 0.05) is 65.7 Å². The summed E-state index contributed by atoms with van der Waals surface area (Å²) in [4.78, 5) is 44.4. The number of rotatable bonds is 8. The van der Waals surface area contributed by atoms with Crippen molar-refractivity contribution in [1.82, 2.24) is 20.3 Å². The van der Waals surface area contributed by atoms with Crippen molar-refractivity contribution in [3.05, 3.63) is 69.8 Å². The maximum absolute atomic E-state index is 16.0. The lowest BCUT2D eigenvalue weighted by Gasteiger charge is -2.43. The Balaban J connectivity index is 1.35.